The van der Waals surface area contributed by atoms with Gasteiger partial charge in [0, 0.05) is 29.6 Å². The van der Waals surface area contributed by atoms with Crippen LogP contribution in [0.2, 0.25) is 5.02 Å². The van der Waals surface area contributed by atoms with Gasteiger partial charge in [-0.1, -0.05) is 64.4 Å². The Hall–Kier alpha value is -0.610. The number of hydrogen-bond donors (Lipinski definition) is 1. The highest BCUT2D eigenvalue weighted by atomic mass is 35.5. The van der Waals surface area contributed by atoms with Gasteiger partial charge in [0.1, 0.15) is 0 Å². The number of halogens is 1. The first-order valence-corrected chi connectivity index (χ1v) is 10.9. The standard InChI is InChI=1S/C23H34ClNO2/c1-14(2)25-13-19(15-8-6-7-9-18(15)24)26-20-12-16-17-10-11-23(5,21(16)27-20)22(17,3)4/h6-9,14,16-17,19-21,25H,10-13H2,1-5H3/t16-,17+,19+,20-,21-,23-/m0/s1. The van der Waals surface area contributed by atoms with Gasteiger partial charge >= 0.3 is 0 Å². The minimum atomic E-state index is -0.133. The molecule has 2 bridgehead atoms. The van der Waals surface area contributed by atoms with Gasteiger partial charge < -0.3 is 14.8 Å². The molecule has 27 heavy (non-hydrogen) atoms. The summed E-state index contributed by atoms with van der Waals surface area (Å²) in [5.41, 5.74) is 1.69. The molecule has 0 aromatic heterocycles. The van der Waals surface area contributed by atoms with Crippen LogP contribution >= 0.6 is 11.6 Å². The minimum absolute atomic E-state index is 0.0941. The predicted octanol–water partition coefficient (Wildman–Crippen LogP) is 5.58. The van der Waals surface area contributed by atoms with Crippen LogP contribution in [0, 0.1) is 22.7 Å². The predicted molar refractivity (Wildman–Crippen MR) is 110 cm³/mol. The highest BCUT2D eigenvalue weighted by Crippen LogP contribution is 2.71. The van der Waals surface area contributed by atoms with E-state index in [-0.39, 0.29) is 17.8 Å². The Morgan fingerprint density at radius 3 is 2.67 bits per heavy atom. The number of fused-ring (bicyclic) bond motifs is 5. The number of hydrogen-bond acceptors (Lipinski definition) is 3. The van der Waals surface area contributed by atoms with Gasteiger partial charge in [0.05, 0.1) is 12.2 Å². The average molecular weight is 392 g/mol. The first-order chi connectivity index (χ1) is 12.7. The molecule has 4 heteroatoms. The summed E-state index contributed by atoms with van der Waals surface area (Å²) in [6, 6.07) is 8.41. The van der Waals surface area contributed by atoms with E-state index < -0.39 is 0 Å². The summed E-state index contributed by atoms with van der Waals surface area (Å²) in [6.45, 7) is 12.4. The third-order valence-corrected chi connectivity index (χ3v) is 8.29. The number of rotatable bonds is 6. The minimum Gasteiger partial charge on any atom is -0.349 e. The van der Waals surface area contributed by atoms with Crippen molar-refractivity contribution in [3.05, 3.63) is 34.9 Å². The monoisotopic (exact) mass is 391 g/mol. The van der Waals surface area contributed by atoms with Crippen molar-refractivity contribution < 1.29 is 9.47 Å². The van der Waals surface area contributed by atoms with E-state index in [1.807, 2.05) is 18.2 Å². The van der Waals surface area contributed by atoms with Crippen LogP contribution < -0.4 is 5.32 Å². The molecule has 1 aliphatic heterocycles. The van der Waals surface area contributed by atoms with E-state index >= 15 is 0 Å². The lowest BCUT2D eigenvalue weighted by molar-refractivity contribution is -0.186. The summed E-state index contributed by atoms with van der Waals surface area (Å²) in [5, 5.41) is 4.27. The molecule has 3 nitrogen and oxygen atoms in total. The Morgan fingerprint density at radius 1 is 1.26 bits per heavy atom. The smallest absolute Gasteiger partial charge is 0.159 e. The Balaban J connectivity index is 1.50. The lowest BCUT2D eigenvalue weighted by Gasteiger charge is -2.39. The van der Waals surface area contributed by atoms with E-state index in [1.54, 1.807) is 0 Å². The van der Waals surface area contributed by atoms with Crippen molar-refractivity contribution in [2.75, 3.05) is 6.54 Å². The summed E-state index contributed by atoms with van der Waals surface area (Å²) in [7, 11) is 0. The lowest BCUT2D eigenvalue weighted by Crippen LogP contribution is -2.38. The molecule has 4 rings (SSSR count). The van der Waals surface area contributed by atoms with Gasteiger partial charge in [0.15, 0.2) is 6.29 Å². The summed E-state index contributed by atoms with van der Waals surface area (Å²) in [5.74, 6) is 1.39. The molecule has 0 unspecified atom stereocenters. The molecule has 0 radical (unpaired) electrons. The molecular formula is C23H34ClNO2. The average Bonchev–Trinajstić information content (AvgIpc) is 3.17. The first-order valence-electron chi connectivity index (χ1n) is 10.5. The van der Waals surface area contributed by atoms with Crippen LogP contribution in [-0.4, -0.2) is 25.0 Å². The SMILES string of the molecule is CC(C)NC[C@@H](O[C@@H]1C[C@H]2[C@H]3CC[C@@](C)([C@H]2O1)C3(C)C)c1ccccc1Cl. The van der Waals surface area contributed by atoms with Crippen LogP contribution in [0.5, 0.6) is 0 Å². The molecule has 1 aromatic carbocycles. The molecule has 1 heterocycles. The molecule has 150 valence electrons. The van der Waals surface area contributed by atoms with Crippen LogP contribution in [0.4, 0.5) is 0 Å². The van der Waals surface area contributed by atoms with Crippen LogP contribution in [-0.2, 0) is 9.47 Å². The van der Waals surface area contributed by atoms with Gasteiger partial charge in [-0.05, 0) is 41.6 Å². The third kappa shape index (κ3) is 3.15. The molecule has 3 fully saturated rings. The maximum Gasteiger partial charge on any atom is 0.159 e. The van der Waals surface area contributed by atoms with Crippen LogP contribution in [0.1, 0.15) is 65.5 Å². The maximum absolute atomic E-state index is 6.56. The fourth-order valence-electron chi connectivity index (χ4n) is 6.06. The molecule has 6 atom stereocenters. The zero-order valence-corrected chi connectivity index (χ0v) is 18.1. The highest BCUT2D eigenvalue weighted by Gasteiger charge is 2.69. The van der Waals surface area contributed by atoms with Gasteiger partial charge in [-0.2, -0.15) is 0 Å². The van der Waals surface area contributed by atoms with Crippen molar-refractivity contribution >= 4 is 11.6 Å². The van der Waals surface area contributed by atoms with Crippen molar-refractivity contribution in [2.24, 2.45) is 22.7 Å². The number of ether oxygens (including phenoxy) is 2. The van der Waals surface area contributed by atoms with Crippen molar-refractivity contribution in [3.63, 3.8) is 0 Å². The maximum atomic E-state index is 6.56. The Labute approximate surface area is 169 Å². The Kier molecular flexibility index (Phi) is 5.12. The lowest BCUT2D eigenvalue weighted by atomic mass is 9.70. The number of benzene rings is 1. The molecule has 2 aliphatic carbocycles. The summed E-state index contributed by atoms with van der Waals surface area (Å²) < 4.78 is 13.1. The number of nitrogens with one attached hydrogen (secondary N) is 1. The van der Waals surface area contributed by atoms with E-state index in [1.165, 1.54) is 12.8 Å². The third-order valence-electron chi connectivity index (χ3n) is 7.95. The van der Waals surface area contributed by atoms with Crippen molar-refractivity contribution in [2.45, 2.75) is 78.4 Å². The molecule has 1 saturated heterocycles. The van der Waals surface area contributed by atoms with Crippen LogP contribution in [0.3, 0.4) is 0 Å². The van der Waals surface area contributed by atoms with Crippen LogP contribution in [0.25, 0.3) is 0 Å². The molecule has 1 aromatic rings. The molecule has 1 N–H and O–H groups in total. The molecule has 2 saturated carbocycles. The van der Waals surface area contributed by atoms with Crippen LogP contribution in [0.15, 0.2) is 24.3 Å². The van der Waals surface area contributed by atoms with E-state index in [0.29, 0.717) is 23.5 Å². The Morgan fingerprint density at radius 2 is 2.00 bits per heavy atom. The molecule has 0 amide bonds. The molecular weight excluding hydrogens is 358 g/mol. The van der Waals surface area contributed by atoms with E-state index in [0.717, 1.165) is 29.5 Å². The van der Waals surface area contributed by atoms with E-state index in [9.17, 15) is 0 Å². The topological polar surface area (TPSA) is 30.5 Å². The van der Waals surface area contributed by atoms with Crippen molar-refractivity contribution in [3.8, 4) is 0 Å². The summed E-state index contributed by atoms with van der Waals surface area (Å²) >= 11 is 6.48. The molecule has 3 aliphatic rings. The Bertz CT molecular complexity index is 691. The van der Waals surface area contributed by atoms with E-state index in [2.05, 4.69) is 46.0 Å². The zero-order chi connectivity index (χ0) is 19.4. The zero-order valence-electron chi connectivity index (χ0n) is 17.3. The van der Waals surface area contributed by atoms with Gasteiger partial charge in [-0.15, -0.1) is 0 Å². The fourth-order valence-corrected chi connectivity index (χ4v) is 6.32. The van der Waals surface area contributed by atoms with Gasteiger partial charge in [0.25, 0.3) is 0 Å². The highest BCUT2D eigenvalue weighted by molar-refractivity contribution is 6.31. The summed E-state index contributed by atoms with van der Waals surface area (Å²) in [4.78, 5) is 0. The second kappa shape index (κ2) is 7.02. The van der Waals surface area contributed by atoms with Crippen molar-refractivity contribution in [1.29, 1.82) is 0 Å². The van der Waals surface area contributed by atoms with Gasteiger partial charge in [-0.3, -0.25) is 0 Å². The fraction of sp³-hybridized carbons (Fsp3) is 0.739. The second-order valence-electron chi connectivity index (χ2n) is 9.88. The second-order valence-corrected chi connectivity index (χ2v) is 10.3. The largest absolute Gasteiger partial charge is 0.349 e. The summed E-state index contributed by atoms with van der Waals surface area (Å²) in [6.07, 6.45) is 3.73. The van der Waals surface area contributed by atoms with E-state index in [4.69, 9.17) is 21.1 Å². The normalized spacial score (nSPS) is 37.7. The van der Waals surface area contributed by atoms with Crippen molar-refractivity contribution in [1.82, 2.24) is 5.32 Å². The first kappa shape index (κ1) is 19.7. The van der Waals surface area contributed by atoms with Gasteiger partial charge in [-0.25, -0.2) is 0 Å². The molecule has 0 spiro atoms. The van der Waals surface area contributed by atoms with Gasteiger partial charge in [0.2, 0.25) is 0 Å². The quantitative estimate of drug-likeness (QED) is 0.686.